The Balaban J connectivity index is 2.13. The summed E-state index contributed by atoms with van der Waals surface area (Å²) >= 11 is 0. The molecule has 0 aromatic heterocycles. The monoisotopic (exact) mass is 572 g/mol. The number of hydrogen-bond acceptors (Lipinski definition) is 4. The molecule has 0 unspecified atom stereocenters. The van der Waals surface area contributed by atoms with Crippen molar-refractivity contribution >= 4 is 56.1 Å². The van der Waals surface area contributed by atoms with Gasteiger partial charge in [0.1, 0.15) is 21.2 Å². The third-order valence-corrected chi connectivity index (χ3v) is 19.1. The lowest BCUT2D eigenvalue weighted by Gasteiger charge is -2.33. The highest BCUT2D eigenvalue weighted by atomic mass is 32.2. The Labute approximate surface area is 221 Å². The van der Waals surface area contributed by atoms with Gasteiger partial charge in [0, 0.05) is 0 Å². The predicted octanol–water partition coefficient (Wildman–Crippen LogP) is 3.21. The van der Waals surface area contributed by atoms with Crippen molar-refractivity contribution in [3.8, 4) is 0 Å². The van der Waals surface area contributed by atoms with E-state index in [1.807, 2.05) is 121 Å². The predicted molar refractivity (Wildman–Crippen MR) is 159 cm³/mol. The summed E-state index contributed by atoms with van der Waals surface area (Å²) in [6.45, 7) is 0. The third kappa shape index (κ3) is 6.53. The second-order valence-corrected chi connectivity index (χ2v) is 19.8. The fraction of sp³-hybridized carbons (Fsp3) is 0.111. The van der Waals surface area contributed by atoms with Crippen molar-refractivity contribution in [3.05, 3.63) is 121 Å². The largest absolute Gasteiger partial charge is 0.238 e. The molecule has 0 saturated heterocycles. The maximum atomic E-state index is 13.0. The zero-order chi connectivity index (χ0) is 26.6. The minimum atomic E-state index is -3.72. The lowest BCUT2D eigenvalue weighted by Crippen LogP contribution is -2.45. The van der Waals surface area contributed by atoms with E-state index in [9.17, 15) is 16.8 Å². The van der Waals surface area contributed by atoms with E-state index in [-0.39, 0.29) is 5.90 Å². The van der Waals surface area contributed by atoms with Crippen molar-refractivity contribution < 1.29 is 16.8 Å². The molecular weight excluding hydrogens is 542 g/mol. The molecule has 0 amide bonds. The summed E-state index contributed by atoms with van der Waals surface area (Å²) < 4.78 is 58.2. The highest BCUT2D eigenvalue weighted by Crippen LogP contribution is 2.68. The van der Waals surface area contributed by atoms with Crippen LogP contribution in [0.1, 0.15) is 0 Å². The van der Waals surface area contributed by atoms with Crippen LogP contribution in [-0.2, 0) is 20.0 Å². The average molecular weight is 573 g/mol. The molecule has 0 radical (unpaired) electrons. The maximum Gasteiger partial charge on any atom is 0.238 e. The van der Waals surface area contributed by atoms with Gasteiger partial charge in [0.05, 0.1) is 12.5 Å². The molecule has 4 aromatic rings. The van der Waals surface area contributed by atoms with E-state index in [1.54, 1.807) is 0 Å². The van der Waals surface area contributed by atoms with Gasteiger partial charge >= 0.3 is 0 Å². The molecule has 192 valence electrons. The molecule has 0 spiro atoms. The van der Waals surface area contributed by atoms with Gasteiger partial charge in [-0.1, -0.05) is 81.8 Å². The quantitative estimate of drug-likeness (QED) is 0.286. The van der Waals surface area contributed by atoms with Gasteiger partial charge in [0.25, 0.3) is 0 Å². The Morgan fingerprint density at radius 1 is 0.459 bits per heavy atom. The van der Waals surface area contributed by atoms with Crippen LogP contribution in [0.15, 0.2) is 121 Å². The number of rotatable bonds is 10. The second-order valence-electron chi connectivity index (χ2n) is 8.83. The summed E-state index contributed by atoms with van der Waals surface area (Å²) in [4.78, 5) is 0. The molecule has 4 rings (SSSR count). The van der Waals surface area contributed by atoms with Gasteiger partial charge < -0.3 is 0 Å². The van der Waals surface area contributed by atoms with Crippen LogP contribution in [-0.4, -0.2) is 35.3 Å². The van der Waals surface area contributed by atoms with Crippen molar-refractivity contribution in [2.24, 2.45) is 0 Å². The smallest absolute Gasteiger partial charge is 0.210 e. The van der Waals surface area contributed by atoms with Gasteiger partial charge in [-0.15, -0.1) is 0 Å². The van der Waals surface area contributed by atoms with Gasteiger partial charge in [-0.2, -0.15) is 0 Å². The molecule has 2 N–H and O–H groups in total. The van der Waals surface area contributed by atoms with Crippen molar-refractivity contribution in [1.29, 1.82) is 0 Å². The van der Waals surface area contributed by atoms with Crippen LogP contribution in [0.5, 0.6) is 0 Å². The van der Waals surface area contributed by atoms with Crippen LogP contribution < -0.4 is 30.2 Å². The molecule has 0 heterocycles. The van der Waals surface area contributed by atoms with E-state index in [0.29, 0.717) is 0 Å². The molecule has 0 aliphatic carbocycles. The Morgan fingerprint density at radius 2 is 0.676 bits per heavy atom. The molecule has 10 heteroatoms. The van der Waals surface area contributed by atoms with E-state index < -0.39 is 34.9 Å². The first-order valence-corrected chi connectivity index (χ1v) is 19.2. The summed E-state index contributed by atoms with van der Waals surface area (Å²) in [5, 5.41) is 3.27. The number of nitrogens with one attached hydrogen (secondary N) is 2. The minimum Gasteiger partial charge on any atom is -0.210 e. The normalized spacial score (nSPS) is 12.8. The fourth-order valence-corrected chi connectivity index (χ4v) is 20.7. The van der Waals surface area contributed by atoms with Crippen LogP contribution in [0, 0.1) is 0 Å². The molecule has 0 fully saturated rings. The standard InChI is InChI=1S/C27H30N2O4P2S2/c1-36(30,31)28-34(24-15-7-3-8-16-24,25-17-9-4-10-18-25)23-35(29-37(2,32)33,26-19-11-5-12-20-26)27-21-13-6-14-22-27/h3-22,28-29H,23H2,1-2H3/q+2. The summed E-state index contributed by atoms with van der Waals surface area (Å²) in [5.41, 5.74) is 0. The summed E-state index contributed by atoms with van der Waals surface area (Å²) in [6, 6.07) is 38.0. The zero-order valence-corrected chi connectivity index (χ0v) is 24.0. The Hall–Kier alpha value is -2.44. The molecule has 37 heavy (non-hydrogen) atoms. The van der Waals surface area contributed by atoms with Crippen LogP contribution in [0.25, 0.3) is 0 Å². The van der Waals surface area contributed by atoms with Crippen LogP contribution >= 0.6 is 14.8 Å². The van der Waals surface area contributed by atoms with E-state index in [1.165, 1.54) is 0 Å². The van der Waals surface area contributed by atoms with E-state index >= 15 is 0 Å². The number of sulfonamides is 2. The lowest BCUT2D eigenvalue weighted by atomic mass is 10.4. The van der Waals surface area contributed by atoms with Gasteiger partial charge in [-0.05, 0) is 48.5 Å². The van der Waals surface area contributed by atoms with Crippen molar-refractivity contribution in [1.82, 2.24) is 8.99 Å². The van der Waals surface area contributed by atoms with E-state index in [4.69, 9.17) is 0 Å². The van der Waals surface area contributed by atoms with Gasteiger partial charge in [-0.25, -0.2) is 16.8 Å². The molecule has 6 nitrogen and oxygen atoms in total. The molecule has 0 bridgehead atoms. The average Bonchev–Trinajstić information content (AvgIpc) is 2.88. The minimum absolute atomic E-state index is 0.238. The molecule has 0 aliphatic rings. The first kappa shape index (κ1) is 27.6. The first-order chi connectivity index (χ1) is 17.5. The lowest BCUT2D eigenvalue weighted by molar-refractivity contribution is 0.598. The van der Waals surface area contributed by atoms with E-state index in [2.05, 4.69) is 8.99 Å². The molecular formula is C27H30N2O4P2S2+2. The van der Waals surface area contributed by atoms with Crippen molar-refractivity contribution in [2.75, 3.05) is 18.4 Å². The Bertz CT molecular complexity index is 1340. The summed E-state index contributed by atoms with van der Waals surface area (Å²) in [5.74, 6) is 0.238. The van der Waals surface area contributed by atoms with Crippen LogP contribution in [0.3, 0.4) is 0 Å². The van der Waals surface area contributed by atoms with Crippen LogP contribution in [0.2, 0.25) is 0 Å². The fourth-order valence-electron chi connectivity index (χ4n) is 4.51. The number of hydrogen-bond donors (Lipinski definition) is 2. The highest BCUT2D eigenvalue weighted by Gasteiger charge is 2.61. The van der Waals surface area contributed by atoms with Crippen LogP contribution in [0.4, 0.5) is 0 Å². The molecule has 0 saturated carbocycles. The number of benzene rings is 4. The molecule has 0 atom stereocenters. The summed E-state index contributed by atoms with van der Waals surface area (Å²) in [6.07, 6.45) is 2.31. The van der Waals surface area contributed by atoms with Crippen molar-refractivity contribution in [3.63, 3.8) is 0 Å². The summed E-state index contributed by atoms with van der Waals surface area (Å²) in [7, 11) is -13.4. The highest BCUT2D eigenvalue weighted by molar-refractivity contribution is 8.11. The molecule has 4 aromatic carbocycles. The second kappa shape index (κ2) is 11.1. The Morgan fingerprint density at radius 3 is 0.865 bits per heavy atom. The van der Waals surface area contributed by atoms with Gasteiger partial charge in [-0.3, -0.25) is 0 Å². The maximum absolute atomic E-state index is 13.0. The topological polar surface area (TPSA) is 92.3 Å². The van der Waals surface area contributed by atoms with Crippen molar-refractivity contribution in [2.45, 2.75) is 0 Å². The zero-order valence-electron chi connectivity index (χ0n) is 20.6. The van der Waals surface area contributed by atoms with Gasteiger partial charge in [0.15, 0.2) is 0 Å². The Kier molecular flexibility index (Phi) is 8.29. The van der Waals surface area contributed by atoms with Gasteiger partial charge in [0.2, 0.25) is 40.8 Å². The SMILES string of the molecule is CS(=O)(=O)N[P+](C[P+](NS(C)(=O)=O)(c1ccccc1)c1ccccc1)(c1ccccc1)c1ccccc1. The first-order valence-electron chi connectivity index (χ1n) is 11.5. The molecule has 0 aliphatic heterocycles. The third-order valence-electron chi connectivity index (χ3n) is 5.86. The van der Waals surface area contributed by atoms with E-state index in [0.717, 1.165) is 33.7 Å².